The fourth-order valence-electron chi connectivity index (χ4n) is 1.78. The maximum absolute atomic E-state index is 12.9. The highest BCUT2D eigenvalue weighted by atomic mass is 35.5. The first-order valence-corrected chi connectivity index (χ1v) is 6.03. The Morgan fingerprint density at radius 2 is 1.50 bits per heavy atom. The van der Waals surface area contributed by atoms with Crippen molar-refractivity contribution < 1.29 is 4.39 Å². The van der Waals surface area contributed by atoms with Gasteiger partial charge in [0.05, 0.1) is 6.04 Å². The third-order valence-corrected chi connectivity index (χ3v) is 3.02. The molecule has 0 amide bonds. The Morgan fingerprint density at radius 1 is 0.944 bits per heavy atom. The van der Waals surface area contributed by atoms with Gasteiger partial charge in [0, 0.05) is 10.0 Å². The van der Waals surface area contributed by atoms with Crippen LogP contribution in [0.5, 0.6) is 0 Å². The second kappa shape index (κ2) is 5.67. The first-order valence-electron chi connectivity index (χ1n) is 5.28. The van der Waals surface area contributed by atoms with Gasteiger partial charge in [-0.3, -0.25) is 5.84 Å². The quantitative estimate of drug-likeness (QED) is 0.666. The van der Waals surface area contributed by atoms with Crippen molar-refractivity contribution in [1.29, 1.82) is 0 Å². The maximum atomic E-state index is 12.9. The molecule has 0 aliphatic rings. The van der Waals surface area contributed by atoms with Crippen molar-refractivity contribution in [2.24, 2.45) is 5.84 Å². The summed E-state index contributed by atoms with van der Waals surface area (Å²) in [6, 6.07) is 11.0. The minimum absolute atomic E-state index is 0.290. The summed E-state index contributed by atoms with van der Waals surface area (Å²) < 4.78 is 12.9. The van der Waals surface area contributed by atoms with E-state index in [1.54, 1.807) is 30.3 Å². The van der Waals surface area contributed by atoms with Crippen LogP contribution in [0.1, 0.15) is 17.2 Å². The Labute approximate surface area is 114 Å². The lowest BCUT2D eigenvalue weighted by atomic mass is 9.99. The molecule has 0 aliphatic heterocycles. The smallest absolute Gasteiger partial charge is 0.123 e. The van der Waals surface area contributed by atoms with E-state index in [1.165, 1.54) is 12.1 Å². The van der Waals surface area contributed by atoms with Gasteiger partial charge in [-0.15, -0.1) is 0 Å². The normalized spacial score (nSPS) is 12.4. The molecule has 2 aromatic carbocycles. The predicted molar refractivity (Wildman–Crippen MR) is 72.0 cm³/mol. The van der Waals surface area contributed by atoms with Gasteiger partial charge in [-0.25, -0.2) is 9.82 Å². The van der Waals surface area contributed by atoms with Gasteiger partial charge in [-0.2, -0.15) is 0 Å². The fraction of sp³-hybridized carbons (Fsp3) is 0.0769. The summed E-state index contributed by atoms with van der Waals surface area (Å²) in [5, 5.41) is 1.06. The molecule has 5 heteroatoms. The Balaban J connectivity index is 2.41. The molecule has 0 bridgehead atoms. The number of hydrogen-bond acceptors (Lipinski definition) is 2. The summed E-state index contributed by atoms with van der Waals surface area (Å²) in [7, 11) is 0. The van der Waals surface area contributed by atoms with Crippen LogP contribution < -0.4 is 11.3 Å². The molecule has 0 fully saturated rings. The summed E-state index contributed by atoms with van der Waals surface area (Å²) in [6.45, 7) is 0. The average Bonchev–Trinajstić information content (AvgIpc) is 2.31. The first kappa shape index (κ1) is 13.3. The van der Waals surface area contributed by atoms with Gasteiger partial charge in [0.1, 0.15) is 5.82 Å². The van der Waals surface area contributed by atoms with Gasteiger partial charge in [-0.1, -0.05) is 35.3 Å². The van der Waals surface area contributed by atoms with Crippen LogP contribution in [-0.4, -0.2) is 0 Å². The molecule has 0 aliphatic carbocycles. The van der Waals surface area contributed by atoms with Crippen molar-refractivity contribution >= 4 is 23.2 Å². The van der Waals surface area contributed by atoms with Gasteiger partial charge in [0.2, 0.25) is 0 Å². The van der Waals surface area contributed by atoms with Crippen LogP contribution >= 0.6 is 23.2 Å². The van der Waals surface area contributed by atoms with Gasteiger partial charge in [-0.05, 0) is 41.5 Å². The predicted octanol–water partition coefficient (Wildman–Crippen LogP) is 3.69. The number of halogens is 3. The van der Waals surface area contributed by atoms with Gasteiger partial charge in [0.15, 0.2) is 0 Å². The van der Waals surface area contributed by atoms with Crippen molar-refractivity contribution in [2.75, 3.05) is 0 Å². The molecule has 0 radical (unpaired) electrons. The summed E-state index contributed by atoms with van der Waals surface area (Å²) in [4.78, 5) is 0. The molecule has 0 spiro atoms. The average molecular weight is 285 g/mol. The first-order chi connectivity index (χ1) is 8.60. The summed E-state index contributed by atoms with van der Waals surface area (Å²) >= 11 is 11.9. The number of rotatable bonds is 3. The van der Waals surface area contributed by atoms with Crippen molar-refractivity contribution in [3.63, 3.8) is 0 Å². The van der Waals surface area contributed by atoms with Crippen LogP contribution in [0.3, 0.4) is 0 Å². The summed E-state index contributed by atoms with van der Waals surface area (Å²) in [5.74, 6) is 5.25. The Bertz CT molecular complexity index is 523. The van der Waals surface area contributed by atoms with Crippen LogP contribution in [0, 0.1) is 5.82 Å². The number of benzene rings is 2. The largest absolute Gasteiger partial charge is 0.271 e. The van der Waals surface area contributed by atoms with Crippen LogP contribution in [0.15, 0.2) is 42.5 Å². The molecular weight excluding hydrogens is 274 g/mol. The number of hydrazine groups is 1. The van der Waals surface area contributed by atoms with Crippen molar-refractivity contribution in [2.45, 2.75) is 6.04 Å². The van der Waals surface area contributed by atoms with Crippen molar-refractivity contribution in [3.8, 4) is 0 Å². The standard InChI is InChI=1S/C13H11Cl2FN2/c14-10-5-9(6-11(15)7-10)13(18-17)8-1-3-12(16)4-2-8/h1-7,13,18H,17H2. The Hall–Kier alpha value is -1.13. The van der Waals surface area contributed by atoms with E-state index in [-0.39, 0.29) is 11.9 Å². The third kappa shape index (κ3) is 3.00. The lowest BCUT2D eigenvalue weighted by Gasteiger charge is -2.17. The minimum Gasteiger partial charge on any atom is -0.271 e. The van der Waals surface area contributed by atoms with Gasteiger partial charge in [0.25, 0.3) is 0 Å². The third-order valence-electron chi connectivity index (χ3n) is 2.59. The van der Waals surface area contributed by atoms with E-state index in [2.05, 4.69) is 5.43 Å². The Morgan fingerprint density at radius 3 is 2.00 bits per heavy atom. The van der Waals surface area contributed by atoms with E-state index in [0.29, 0.717) is 10.0 Å². The zero-order chi connectivity index (χ0) is 13.1. The van der Waals surface area contributed by atoms with Crippen LogP contribution in [-0.2, 0) is 0 Å². The van der Waals surface area contributed by atoms with E-state index in [0.717, 1.165) is 11.1 Å². The summed E-state index contributed by atoms with van der Waals surface area (Å²) in [6.07, 6.45) is 0. The molecule has 0 aromatic heterocycles. The van der Waals surface area contributed by atoms with Crippen molar-refractivity contribution in [1.82, 2.24) is 5.43 Å². The molecule has 2 rings (SSSR count). The monoisotopic (exact) mass is 284 g/mol. The zero-order valence-corrected chi connectivity index (χ0v) is 10.8. The molecule has 94 valence electrons. The lowest BCUT2D eigenvalue weighted by molar-refractivity contribution is 0.615. The van der Waals surface area contributed by atoms with E-state index >= 15 is 0 Å². The second-order valence-electron chi connectivity index (χ2n) is 3.85. The van der Waals surface area contributed by atoms with Crippen LogP contribution in [0.25, 0.3) is 0 Å². The molecule has 18 heavy (non-hydrogen) atoms. The Kier molecular flexibility index (Phi) is 4.19. The highest BCUT2D eigenvalue weighted by Crippen LogP contribution is 2.27. The van der Waals surface area contributed by atoms with Crippen LogP contribution in [0.2, 0.25) is 10.0 Å². The lowest BCUT2D eigenvalue weighted by Crippen LogP contribution is -2.28. The van der Waals surface area contributed by atoms with Gasteiger partial charge >= 0.3 is 0 Å². The molecule has 3 N–H and O–H groups in total. The topological polar surface area (TPSA) is 38.0 Å². The summed E-state index contributed by atoms with van der Waals surface area (Å²) in [5.41, 5.74) is 4.32. The van der Waals surface area contributed by atoms with Crippen LogP contribution in [0.4, 0.5) is 4.39 Å². The molecular formula is C13H11Cl2FN2. The van der Waals surface area contributed by atoms with E-state index < -0.39 is 0 Å². The SMILES string of the molecule is NNC(c1ccc(F)cc1)c1cc(Cl)cc(Cl)c1. The van der Waals surface area contributed by atoms with E-state index in [9.17, 15) is 4.39 Å². The molecule has 0 saturated carbocycles. The number of nitrogens with two attached hydrogens (primary N) is 1. The molecule has 0 saturated heterocycles. The highest BCUT2D eigenvalue weighted by molar-refractivity contribution is 6.34. The number of nitrogens with one attached hydrogen (secondary N) is 1. The minimum atomic E-state index is -0.293. The maximum Gasteiger partial charge on any atom is 0.123 e. The molecule has 2 aromatic rings. The molecule has 1 unspecified atom stereocenters. The van der Waals surface area contributed by atoms with E-state index in [4.69, 9.17) is 29.0 Å². The molecule has 0 heterocycles. The molecule has 2 nitrogen and oxygen atoms in total. The zero-order valence-electron chi connectivity index (χ0n) is 9.33. The second-order valence-corrected chi connectivity index (χ2v) is 4.73. The van der Waals surface area contributed by atoms with Gasteiger partial charge < -0.3 is 0 Å². The highest BCUT2D eigenvalue weighted by Gasteiger charge is 2.13. The molecule has 1 atom stereocenters. The number of hydrogen-bond donors (Lipinski definition) is 2. The fourth-order valence-corrected chi connectivity index (χ4v) is 2.32. The van der Waals surface area contributed by atoms with E-state index in [1.807, 2.05) is 0 Å². The van der Waals surface area contributed by atoms with Crippen molar-refractivity contribution in [3.05, 3.63) is 69.5 Å².